The number of amides is 1. The van der Waals surface area contributed by atoms with Gasteiger partial charge in [-0.25, -0.2) is 5.48 Å². The van der Waals surface area contributed by atoms with E-state index in [0.717, 1.165) is 19.4 Å². The lowest BCUT2D eigenvalue weighted by Gasteiger charge is -2.15. The molecule has 4 nitrogen and oxygen atoms in total. The third kappa shape index (κ3) is 1.27. The Labute approximate surface area is 59.8 Å². The van der Waals surface area contributed by atoms with Crippen LogP contribution in [0.3, 0.4) is 0 Å². The number of likely N-dealkylation sites (tertiary alicyclic amines) is 1. The Bertz CT molecular complexity index is 138. The van der Waals surface area contributed by atoms with Crippen LogP contribution in [-0.4, -0.2) is 35.6 Å². The molecule has 1 aliphatic rings. The third-order valence-corrected chi connectivity index (χ3v) is 1.93. The number of likely N-dealkylation sites (N-methyl/N-ethyl adjacent to an activating group) is 1. The largest absolute Gasteiger partial charge is 0.295 e. The first-order valence-corrected chi connectivity index (χ1v) is 3.40. The van der Waals surface area contributed by atoms with E-state index in [4.69, 9.17) is 5.21 Å². The lowest BCUT2D eigenvalue weighted by Crippen LogP contribution is -2.39. The van der Waals surface area contributed by atoms with Gasteiger partial charge in [0.15, 0.2) is 0 Å². The lowest BCUT2D eigenvalue weighted by molar-refractivity contribution is -0.133. The van der Waals surface area contributed by atoms with Gasteiger partial charge < -0.3 is 0 Å². The van der Waals surface area contributed by atoms with Gasteiger partial charge >= 0.3 is 0 Å². The molecular formula is C6H12N2O2. The van der Waals surface area contributed by atoms with Crippen molar-refractivity contribution in [3.8, 4) is 0 Å². The molecular weight excluding hydrogens is 132 g/mol. The maximum atomic E-state index is 10.8. The van der Waals surface area contributed by atoms with Gasteiger partial charge in [0, 0.05) is 0 Å². The van der Waals surface area contributed by atoms with E-state index in [1.807, 2.05) is 11.9 Å². The highest BCUT2D eigenvalue weighted by molar-refractivity contribution is 5.80. The molecule has 0 spiro atoms. The van der Waals surface area contributed by atoms with E-state index in [0.29, 0.717) is 0 Å². The Morgan fingerprint density at radius 3 is 2.90 bits per heavy atom. The molecule has 1 rings (SSSR count). The fraction of sp³-hybridized carbons (Fsp3) is 0.833. The molecule has 1 amide bonds. The minimum Gasteiger partial charge on any atom is -0.295 e. The molecule has 10 heavy (non-hydrogen) atoms. The van der Waals surface area contributed by atoms with Crippen LogP contribution in [0.25, 0.3) is 0 Å². The van der Waals surface area contributed by atoms with Crippen molar-refractivity contribution in [2.45, 2.75) is 18.9 Å². The van der Waals surface area contributed by atoms with Gasteiger partial charge in [-0.05, 0) is 26.4 Å². The Hall–Kier alpha value is -0.610. The highest BCUT2D eigenvalue weighted by Gasteiger charge is 2.26. The third-order valence-electron chi connectivity index (χ3n) is 1.93. The van der Waals surface area contributed by atoms with E-state index in [-0.39, 0.29) is 11.9 Å². The van der Waals surface area contributed by atoms with Gasteiger partial charge in [-0.15, -0.1) is 0 Å². The maximum absolute atomic E-state index is 10.8. The Kier molecular flexibility index (Phi) is 2.24. The number of carbonyl (C=O) groups excluding carboxylic acids is 1. The molecule has 58 valence electrons. The van der Waals surface area contributed by atoms with Crippen molar-refractivity contribution in [1.29, 1.82) is 0 Å². The van der Waals surface area contributed by atoms with E-state index in [1.165, 1.54) is 0 Å². The molecule has 1 heterocycles. The van der Waals surface area contributed by atoms with Crippen molar-refractivity contribution >= 4 is 5.91 Å². The first kappa shape index (κ1) is 7.50. The SMILES string of the molecule is CN1CCCC1C(=O)NO. The van der Waals surface area contributed by atoms with Gasteiger partial charge in [0.1, 0.15) is 0 Å². The van der Waals surface area contributed by atoms with Crippen LogP contribution in [0.5, 0.6) is 0 Å². The van der Waals surface area contributed by atoms with Crippen LogP contribution in [0.4, 0.5) is 0 Å². The van der Waals surface area contributed by atoms with Crippen molar-refractivity contribution in [3.63, 3.8) is 0 Å². The maximum Gasteiger partial charge on any atom is 0.260 e. The molecule has 0 aliphatic carbocycles. The summed E-state index contributed by atoms with van der Waals surface area (Å²) in [6.07, 6.45) is 1.89. The van der Waals surface area contributed by atoms with Gasteiger partial charge in [0.25, 0.3) is 5.91 Å². The second-order valence-electron chi connectivity index (χ2n) is 2.61. The Balaban J connectivity index is 2.46. The monoisotopic (exact) mass is 144 g/mol. The highest BCUT2D eigenvalue weighted by Crippen LogP contribution is 2.13. The molecule has 0 aromatic heterocycles. The summed E-state index contributed by atoms with van der Waals surface area (Å²) >= 11 is 0. The normalized spacial score (nSPS) is 26.8. The zero-order valence-corrected chi connectivity index (χ0v) is 6.00. The number of hydrogen-bond acceptors (Lipinski definition) is 3. The van der Waals surface area contributed by atoms with E-state index in [2.05, 4.69) is 0 Å². The van der Waals surface area contributed by atoms with Crippen molar-refractivity contribution in [1.82, 2.24) is 10.4 Å². The Morgan fingerprint density at radius 2 is 2.50 bits per heavy atom. The van der Waals surface area contributed by atoms with Crippen LogP contribution < -0.4 is 5.48 Å². The Morgan fingerprint density at radius 1 is 1.80 bits per heavy atom. The first-order valence-electron chi connectivity index (χ1n) is 3.40. The molecule has 1 unspecified atom stereocenters. The van der Waals surface area contributed by atoms with Crippen LogP contribution in [0.2, 0.25) is 0 Å². The fourth-order valence-corrected chi connectivity index (χ4v) is 1.32. The molecule has 0 bridgehead atoms. The molecule has 0 saturated carbocycles. The van der Waals surface area contributed by atoms with E-state index < -0.39 is 0 Å². The van der Waals surface area contributed by atoms with Gasteiger partial charge in [0.05, 0.1) is 6.04 Å². The minimum absolute atomic E-state index is 0.120. The molecule has 1 atom stereocenters. The summed E-state index contributed by atoms with van der Waals surface area (Å²) in [4.78, 5) is 12.8. The summed E-state index contributed by atoms with van der Waals surface area (Å²) in [6, 6.07) is -0.120. The summed E-state index contributed by atoms with van der Waals surface area (Å²) < 4.78 is 0. The fourth-order valence-electron chi connectivity index (χ4n) is 1.32. The van der Waals surface area contributed by atoms with Gasteiger partial charge in [-0.1, -0.05) is 0 Å². The second kappa shape index (κ2) is 2.98. The molecule has 1 saturated heterocycles. The number of carbonyl (C=O) groups is 1. The van der Waals surface area contributed by atoms with Crippen molar-refractivity contribution in [2.75, 3.05) is 13.6 Å². The zero-order chi connectivity index (χ0) is 7.56. The molecule has 0 radical (unpaired) electrons. The average Bonchev–Trinajstić information content (AvgIpc) is 2.34. The van der Waals surface area contributed by atoms with Crippen molar-refractivity contribution in [3.05, 3.63) is 0 Å². The van der Waals surface area contributed by atoms with Crippen molar-refractivity contribution in [2.24, 2.45) is 0 Å². The van der Waals surface area contributed by atoms with Gasteiger partial charge in [-0.3, -0.25) is 14.9 Å². The van der Waals surface area contributed by atoms with Gasteiger partial charge in [0.2, 0.25) is 0 Å². The van der Waals surface area contributed by atoms with Crippen LogP contribution in [0.1, 0.15) is 12.8 Å². The number of hydroxylamine groups is 1. The van der Waals surface area contributed by atoms with E-state index in [1.54, 1.807) is 5.48 Å². The molecule has 1 aliphatic heterocycles. The van der Waals surface area contributed by atoms with Crippen LogP contribution in [0.15, 0.2) is 0 Å². The standard InChI is InChI=1S/C6H12N2O2/c1-8-4-2-3-5(8)6(9)7-10/h5,10H,2-4H2,1H3,(H,7,9). The predicted molar refractivity (Wildman–Crippen MR) is 35.6 cm³/mol. The number of hydrogen-bond donors (Lipinski definition) is 2. The first-order chi connectivity index (χ1) is 4.75. The topological polar surface area (TPSA) is 52.6 Å². The smallest absolute Gasteiger partial charge is 0.260 e. The van der Waals surface area contributed by atoms with Crippen molar-refractivity contribution < 1.29 is 10.0 Å². The van der Waals surface area contributed by atoms with Gasteiger partial charge in [-0.2, -0.15) is 0 Å². The van der Waals surface area contributed by atoms with E-state index >= 15 is 0 Å². The summed E-state index contributed by atoms with van der Waals surface area (Å²) in [6.45, 7) is 0.943. The zero-order valence-electron chi connectivity index (χ0n) is 6.00. The van der Waals surface area contributed by atoms with Crippen LogP contribution in [-0.2, 0) is 4.79 Å². The van der Waals surface area contributed by atoms with Crippen LogP contribution >= 0.6 is 0 Å². The molecule has 0 aromatic carbocycles. The number of nitrogens with zero attached hydrogens (tertiary/aromatic N) is 1. The summed E-state index contributed by atoms with van der Waals surface area (Å²) in [5.74, 6) is -0.292. The summed E-state index contributed by atoms with van der Waals surface area (Å²) in [7, 11) is 1.88. The van der Waals surface area contributed by atoms with Crippen LogP contribution in [0, 0.1) is 0 Å². The molecule has 4 heteroatoms. The van der Waals surface area contributed by atoms with E-state index in [9.17, 15) is 4.79 Å². The molecule has 0 aromatic rings. The quantitative estimate of drug-likeness (QED) is 0.388. The molecule has 2 N–H and O–H groups in total. The number of rotatable bonds is 1. The summed E-state index contributed by atoms with van der Waals surface area (Å²) in [5, 5.41) is 8.29. The highest BCUT2D eigenvalue weighted by atomic mass is 16.5. The summed E-state index contributed by atoms with van der Waals surface area (Å²) in [5.41, 5.74) is 1.66. The average molecular weight is 144 g/mol. The molecule has 1 fully saturated rings. The predicted octanol–water partition coefficient (Wildman–Crippen LogP) is -0.414. The second-order valence-corrected chi connectivity index (χ2v) is 2.61. The number of nitrogens with one attached hydrogen (secondary N) is 1. The minimum atomic E-state index is -0.292. The lowest BCUT2D eigenvalue weighted by atomic mass is 10.2.